The molecular formula is C23H23FN4O4. The van der Waals surface area contributed by atoms with E-state index in [-0.39, 0.29) is 49.0 Å². The molecule has 2 heterocycles. The van der Waals surface area contributed by atoms with Crippen molar-refractivity contribution in [1.82, 2.24) is 18.7 Å². The van der Waals surface area contributed by atoms with E-state index in [2.05, 4.69) is 4.98 Å². The Hall–Kier alpha value is -3.72. The molecule has 0 aliphatic carbocycles. The summed E-state index contributed by atoms with van der Waals surface area (Å²) in [6.45, 7) is 1.83. The number of ether oxygens (including phenoxy) is 1. The number of imidazole rings is 1. The SMILES string of the molecule is Cc1ccc(Oc2nc3c(c(=O)n(CCCO)c(=O)n3C)n2Cc2ccccc2)cc1F. The van der Waals surface area contributed by atoms with E-state index in [4.69, 9.17) is 9.84 Å². The fourth-order valence-electron chi connectivity index (χ4n) is 3.51. The highest BCUT2D eigenvalue weighted by Gasteiger charge is 2.22. The number of aliphatic hydroxyl groups excluding tert-OH is 1. The molecule has 0 amide bonds. The first-order chi connectivity index (χ1) is 15.4. The Balaban J connectivity index is 1.93. The monoisotopic (exact) mass is 438 g/mol. The molecule has 0 radical (unpaired) electrons. The van der Waals surface area contributed by atoms with Crippen molar-refractivity contribution in [2.75, 3.05) is 6.61 Å². The molecule has 2 aromatic heterocycles. The van der Waals surface area contributed by atoms with Gasteiger partial charge in [0.15, 0.2) is 11.2 Å². The summed E-state index contributed by atoms with van der Waals surface area (Å²) in [4.78, 5) is 30.4. The van der Waals surface area contributed by atoms with Crippen molar-refractivity contribution >= 4 is 11.2 Å². The van der Waals surface area contributed by atoms with Gasteiger partial charge in [0.2, 0.25) is 0 Å². The number of benzene rings is 2. The Kier molecular flexibility index (Phi) is 5.91. The second kappa shape index (κ2) is 8.80. The first-order valence-corrected chi connectivity index (χ1v) is 10.2. The van der Waals surface area contributed by atoms with Gasteiger partial charge in [-0.05, 0) is 30.5 Å². The predicted octanol–water partition coefficient (Wildman–Crippen LogP) is 2.57. The van der Waals surface area contributed by atoms with Crippen molar-refractivity contribution in [1.29, 1.82) is 0 Å². The van der Waals surface area contributed by atoms with Gasteiger partial charge in [0.25, 0.3) is 5.56 Å². The maximum atomic E-state index is 14.1. The summed E-state index contributed by atoms with van der Waals surface area (Å²) in [6.07, 6.45) is 0.263. The fraction of sp³-hybridized carbons (Fsp3) is 0.261. The van der Waals surface area contributed by atoms with Crippen LogP contribution in [-0.2, 0) is 20.1 Å². The second-order valence-electron chi connectivity index (χ2n) is 7.53. The molecule has 8 nitrogen and oxygen atoms in total. The lowest BCUT2D eigenvalue weighted by atomic mass is 10.2. The van der Waals surface area contributed by atoms with Crippen LogP contribution in [0.25, 0.3) is 11.2 Å². The summed E-state index contributed by atoms with van der Waals surface area (Å²) in [5, 5.41) is 9.16. The topological polar surface area (TPSA) is 91.3 Å². The highest BCUT2D eigenvalue weighted by Crippen LogP contribution is 2.26. The molecule has 0 unspecified atom stereocenters. The Morgan fingerprint density at radius 3 is 2.53 bits per heavy atom. The van der Waals surface area contributed by atoms with Crippen LogP contribution in [0, 0.1) is 12.7 Å². The third-order valence-electron chi connectivity index (χ3n) is 5.27. The number of hydrogen-bond donors (Lipinski definition) is 1. The van der Waals surface area contributed by atoms with Crippen LogP contribution in [0.1, 0.15) is 17.5 Å². The number of aliphatic hydroxyl groups is 1. The van der Waals surface area contributed by atoms with Crippen molar-refractivity contribution in [2.24, 2.45) is 7.05 Å². The molecule has 4 rings (SSSR count). The molecule has 9 heteroatoms. The highest BCUT2D eigenvalue weighted by molar-refractivity contribution is 5.72. The van der Waals surface area contributed by atoms with Gasteiger partial charge in [-0.3, -0.25) is 18.5 Å². The van der Waals surface area contributed by atoms with Crippen LogP contribution in [0.15, 0.2) is 58.1 Å². The van der Waals surface area contributed by atoms with Crippen molar-refractivity contribution in [2.45, 2.75) is 26.4 Å². The summed E-state index contributed by atoms with van der Waals surface area (Å²) in [5.74, 6) is -0.199. The van der Waals surface area contributed by atoms with E-state index in [1.807, 2.05) is 30.3 Å². The first-order valence-electron chi connectivity index (χ1n) is 10.2. The van der Waals surface area contributed by atoms with E-state index in [1.54, 1.807) is 23.6 Å². The van der Waals surface area contributed by atoms with Gasteiger partial charge in [-0.2, -0.15) is 4.98 Å². The van der Waals surface area contributed by atoms with Crippen LogP contribution in [0.3, 0.4) is 0 Å². The Morgan fingerprint density at radius 1 is 1.09 bits per heavy atom. The van der Waals surface area contributed by atoms with E-state index in [0.717, 1.165) is 10.1 Å². The predicted molar refractivity (Wildman–Crippen MR) is 118 cm³/mol. The minimum Gasteiger partial charge on any atom is -0.425 e. The molecule has 0 saturated heterocycles. The van der Waals surface area contributed by atoms with Crippen molar-refractivity contribution in [3.05, 3.63) is 86.3 Å². The van der Waals surface area contributed by atoms with Gasteiger partial charge in [0, 0.05) is 26.3 Å². The largest absolute Gasteiger partial charge is 0.425 e. The summed E-state index contributed by atoms with van der Waals surface area (Å²) in [7, 11) is 1.52. The van der Waals surface area contributed by atoms with Gasteiger partial charge in [-0.25, -0.2) is 9.18 Å². The highest BCUT2D eigenvalue weighted by atomic mass is 19.1. The van der Waals surface area contributed by atoms with E-state index >= 15 is 0 Å². The zero-order valence-electron chi connectivity index (χ0n) is 17.8. The Labute approximate surface area is 182 Å². The molecule has 0 spiro atoms. The van der Waals surface area contributed by atoms with Gasteiger partial charge in [0.1, 0.15) is 11.6 Å². The fourth-order valence-corrected chi connectivity index (χ4v) is 3.51. The molecule has 0 atom stereocenters. The maximum Gasteiger partial charge on any atom is 0.332 e. The minimum atomic E-state index is -0.534. The van der Waals surface area contributed by atoms with Crippen molar-refractivity contribution < 1.29 is 14.2 Å². The molecule has 0 fully saturated rings. The standard InChI is InChI=1S/C23H23FN4O4/c1-15-9-10-17(13-18(15)24)32-22-25-20-19(28(22)14-16-7-4-3-5-8-16)21(30)27(11-6-12-29)23(31)26(20)2/h3-5,7-10,13,29H,6,11-12,14H2,1-2H3. The van der Waals surface area contributed by atoms with Crippen molar-refractivity contribution in [3.63, 3.8) is 0 Å². The number of fused-ring (bicyclic) bond motifs is 1. The molecule has 0 saturated carbocycles. The number of hydrogen-bond acceptors (Lipinski definition) is 5. The number of halogens is 1. The van der Waals surface area contributed by atoms with E-state index < -0.39 is 17.1 Å². The van der Waals surface area contributed by atoms with Crippen LogP contribution in [-0.4, -0.2) is 30.4 Å². The molecule has 32 heavy (non-hydrogen) atoms. The number of rotatable bonds is 7. The lowest BCUT2D eigenvalue weighted by Crippen LogP contribution is -2.39. The molecular weight excluding hydrogens is 415 g/mol. The average Bonchev–Trinajstić information content (AvgIpc) is 3.13. The second-order valence-corrected chi connectivity index (χ2v) is 7.53. The van der Waals surface area contributed by atoms with Crippen molar-refractivity contribution in [3.8, 4) is 11.8 Å². The van der Waals surface area contributed by atoms with Crippen LogP contribution in [0.2, 0.25) is 0 Å². The molecule has 166 valence electrons. The quantitative estimate of drug-likeness (QED) is 0.479. The summed E-state index contributed by atoms with van der Waals surface area (Å²) < 4.78 is 23.9. The van der Waals surface area contributed by atoms with Crippen LogP contribution < -0.4 is 16.0 Å². The van der Waals surface area contributed by atoms with Gasteiger partial charge >= 0.3 is 11.7 Å². The van der Waals surface area contributed by atoms with E-state index in [1.165, 1.54) is 17.7 Å². The number of aryl methyl sites for hydroxylation is 2. The van der Waals surface area contributed by atoms with Gasteiger partial charge in [-0.15, -0.1) is 0 Å². The molecule has 0 aliphatic heterocycles. The van der Waals surface area contributed by atoms with Crippen LogP contribution in [0.5, 0.6) is 11.8 Å². The number of aromatic nitrogens is 4. The third-order valence-corrected chi connectivity index (χ3v) is 5.27. The molecule has 1 N–H and O–H groups in total. The zero-order chi connectivity index (χ0) is 22.8. The lowest BCUT2D eigenvalue weighted by Gasteiger charge is -2.11. The van der Waals surface area contributed by atoms with Gasteiger partial charge in [0.05, 0.1) is 6.54 Å². The summed E-state index contributed by atoms with van der Waals surface area (Å²) >= 11 is 0. The van der Waals surface area contributed by atoms with E-state index in [0.29, 0.717) is 5.56 Å². The summed E-state index contributed by atoms with van der Waals surface area (Å²) in [6, 6.07) is 13.9. The number of nitrogens with zero attached hydrogens (tertiary/aromatic N) is 4. The van der Waals surface area contributed by atoms with Gasteiger partial charge in [-0.1, -0.05) is 36.4 Å². The zero-order valence-corrected chi connectivity index (χ0v) is 17.8. The third kappa shape index (κ3) is 3.94. The van der Waals surface area contributed by atoms with Crippen LogP contribution in [0.4, 0.5) is 4.39 Å². The molecule has 2 aromatic carbocycles. The molecule has 0 bridgehead atoms. The van der Waals surface area contributed by atoms with Crippen LogP contribution >= 0.6 is 0 Å². The van der Waals surface area contributed by atoms with Gasteiger partial charge < -0.3 is 9.84 Å². The Morgan fingerprint density at radius 2 is 1.84 bits per heavy atom. The smallest absolute Gasteiger partial charge is 0.332 e. The van der Waals surface area contributed by atoms with E-state index in [9.17, 15) is 14.0 Å². The average molecular weight is 438 g/mol. The maximum absolute atomic E-state index is 14.1. The minimum absolute atomic E-state index is 0.0686. The molecule has 4 aromatic rings. The molecule has 0 aliphatic rings. The lowest BCUT2D eigenvalue weighted by molar-refractivity contribution is 0.277. The Bertz CT molecular complexity index is 1390. The normalized spacial score (nSPS) is 11.2. The summed E-state index contributed by atoms with van der Waals surface area (Å²) in [5.41, 5.74) is 0.666. The first kappa shape index (κ1) is 21.5.